The van der Waals surface area contributed by atoms with Crippen LogP contribution in [0.15, 0.2) is 36.5 Å². The lowest BCUT2D eigenvalue weighted by Crippen LogP contribution is -2.33. The Morgan fingerprint density at radius 1 is 1.12 bits per heavy atom. The van der Waals surface area contributed by atoms with Crippen molar-refractivity contribution in [1.29, 1.82) is 0 Å². The SMILES string of the molecule is [O-][n+]1cc2ccccc2cc1C1OCCO1. The molecule has 1 aromatic heterocycles. The molecule has 0 unspecified atom stereocenters. The van der Waals surface area contributed by atoms with Gasteiger partial charge in [-0.25, -0.2) is 0 Å². The summed E-state index contributed by atoms with van der Waals surface area (Å²) in [6.45, 7) is 1.08. The van der Waals surface area contributed by atoms with Crippen LogP contribution < -0.4 is 4.73 Å². The summed E-state index contributed by atoms with van der Waals surface area (Å²) in [6, 6.07) is 9.54. The Morgan fingerprint density at radius 3 is 2.56 bits per heavy atom. The highest BCUT2D eigenvalue weighted by molar-refractivity contribution is 5.80. The maximum atomic E-state index is 11.8. The van der Waals surface area contributed by atoms with E-state index in [-0.39, 0.29) is 0 Å². The molecule has 1 fully saturated rings. The van der Waals surface area contributed by atoms with Gasteiger partial charge < -0.3 is 14.7 Å². The summed E-state index contributed by atoms with van der Waals surface area (Å²) in [5, 5.41) is 13.7. The van der Waals surface area contributed by atoms with Crippen molar-refractivity contribution in [2.75, 3.05) is 13.2 Å². The summed E-state index contributed by atoms with van der Waals surface area (Å²) in [6.07, 6.45) is 1.03. The van der Waals surface area contributed by atoms with Gasteiger partial charge in [0.1, 0.15) is 0 Å². The van der Waals surface area contributed by atoms with Crippen LogP contribution in [0.2, 0.25) is 0 Å². The molecule has 2 aromatic rings. The molecule has 1 aromatic carbocycles. The lowest BCUT2D eigenvalue weighted by molar-refractivity contribution is -0.620. The largest absolute Gasteiger partial charge is 0.618 e. The zero-order valence-corrected chi connectivity index (χ0v) is 8.63. The van der Waals surface area contributed by atoms with Crippen LogP contribution in [0.4, 0.5) is 0 Å². The molecule has 2 heterocycles. The van der Waals surface area contributed by atoms with Gasteiger partial charge in [0.15, 0.2) is 6.20 Å². The Hall–Kier alpha value is -1.65. The Kier molecular flexibility index (Phi) is 2.23. The van der Waals surface area contributed by atoms with Crippen LogP contribution >= 0.6 is 0 Å². The molecular formula is C12H11NO3. The van der Waals surface area contributed by atoms with Gasteiger partial charge in [-0.15, -0.1) is 0 Å². The fourth-order valence-corrected chi connectivity index (χ4v) is 1.88. The minimum Gasteiger partial charge on any atom is -0.618 e. The molecule has 0 N–H and O–H groups in total. The first kappa shape index (κ1) is 9.57. The maximum Gasteiger partial charge on any atom is 0.250 e. The van der Waals surface area contributed by atoms with Gasteiger partial charge in [0.05, 0.1) is 13.2 Å². The summed E-state index contributed by atoms with van der Waals surface area (Å²) in [7, 11) is 0. The summed E-state index contributed by atoms with van der Waals surface area (Å²) < 4.78 is 11.5. The Morgan fingerprint density at radius 2 is 1.81 bits per heavy atom. The molecule has 0 spiro atoms. The van der Waals surface area contributed by atoms with E-state index < -0.39 is 6.29 Å². The van der Waals surface area contributed by atoms with Crippen molar-refractivity contribution in [3.8, 4) is 0 Å². The van der Waals surface area contributed by atoms with E-state index in [9.17, 15) is 5.21 Å². The van der Waals surface area contributed by atoms with E-state index in [0.29, 0.717) is 18.9 Å². The average molecular weight is 217 g/mol. The fourth-order valence-electron chi connectivity index (χ4n) is 1.88. The van der Waals surface area contributed by atoms with Crippen molar-refractivity contribution in [2.24, 2.45) is 0 Å². The summed E-state index contributed by atoms with van der Waals surface area (Å²) >= 11 is 0. The molecule has 0 aliphatic carbocycles. The Labute approximate surface area is 92.6 Å². The van der Waals surface area contributed by atoms with Crippen LogP contribution in [0, 0.1) is 5.21 Å². The van der Waals surface area contributed by atoms with E-state index in [1.807, 2.05) is 30.3 Å². The summed E-state index contributed by atoms with van der Waals surface area (Å²) in [5.74, 6) is 0. The first-order valence-electron chi connectivity index (χ1n) is 5.20. The first-order chi connectivity index (χ1) is 7.84. The van der Waals surface area contributed by atoms with Gasteiger partial charge in [-0.2, -0.15) is 4.73 Å². The second-order valence-corrected chi connectivity index (χ2v) is 3.73. The molecule has 0 radical (unpaired) electrons. The number of hydrogen-bond donors (Lipinski definition) is 0. The molecule has 4 nitrogen and oxygen atoms in total. The standard InChI is InChI=1S/C12H11NO3/c14-13-8-10-4-2-1-3-9(10)7-11(13)12-15-5-6-16-12/h1-4,7-8,12H,5-6H2. The van der Waals surface area contributed by atoms with Gasteiger partial charge in [0, 0.05) is 11.5 Å². The summed E-state index contributed by atoms with van der Waals surface area (Å²) in [4.78, 5) is 0. The van der Waals surface area contributed by atoms with E-state index in [2.05, 4.69) is 0 Å². The van der Waals surface area contributed by atoms with Crippen LogP contribution in [-0.4, -0.2) is 13.2 Å². The van der Waals surface area contributed by atoms with Gasteiger partial charge in [-0.1, -0.05) is 18.2 Å². The van der Waals surface area contributed by atoms with E-state index >= 15 is 0 Å². The van der Waals surface area contributed by atoms with Gasteiger partial charge >= 0.3 is 0 Å². The predicted octanol–water partition coefficient (Wildman–Crippen LogP) is 1.52. The molecule has 0 amide bonds. The number of ether oxygens (including phenoxy) is 2. The molecule has 3 rings (SSSR count). The minimum atomic E-state index is -0.526. The van der Waals surface area contributed by atoms with Gasteiger partial charge in [-0.05, 0) is 11.5 Å². The number of rotatable bonds is 1. The van der Waals surface area contributed by atoms with Crippen LogP contribution in [-0.2, 0) is 9.47 Å². The normalized spacial score (nSPS) is 17.0. The van der Waals surface area contributed by atoms with Crippen molar-refractivity contribution in [3.63, 3.8) is 0 Å². The molecule has 0 atom stereocenters. The highest BCUT2D eigenvalue weighted by atomic mass is 16.7. The molecule has 0 saturated carbocycles. The summed E-state index contributed by atoms with van der Waals surface area (Å²) in [5.41, 5.74) is 0.510. The number of hydrogen-bond acceptors (Lipinski definition) is 3. The molecule has 1 aliphatic rings. The number of fused-ring (bicyclic) bond motifs is 1. The van der Waals surface area contributed by atoms with Crippen LogP contribution in [0.3, 0.4) is 0 Å². The first-order valence-corrected chi connectivity index (χ1v) is 5.20. The van der Waals surface area contributed by atoms with E-state index in [1.54, 1.807) is 6.20 Å². The highest BCUT2D eigenvalue weighted by Crippen LogP contribution is 2.23. The van der Waals surface area contributed by atoms with Crippen LogP contribution in [0.25, 0.3) is 10.8 Å². The van der Waals surface area contributed by atoms with Crippen LogP contribution in [0.5, 0.6) is 0 Å². The van der Waals surface area contributed by atoms with Crippen molar-refractivity contribution >= 4 is 10.8 Å². The van der Waals surface area contributed by atoms with Gasteiger partial charge in [0.2, 0.25) is 12.0 Å². The maximum absolute atomic E-state index is 11.8. The Balaban J connectivity index is 2.13. The number of nitrogens with zero attached hydrogens (tertiary/aromatic N) is 1. The molecular weight excluding hydrogens is 206 g/mol. The van der Waals surface area contributed by atoms with E-state index in [0.717, 1.165) is 15.5 Å². The second kappa shape index (κ2) is 3.73. The third-order valence-electron chi connectivity index (χ3n) is 2.67. The van der Waals surface area contributed by atoms with Gasteiger partial charge in [-0.3, -0.25) is 0 Å². The molecule has 1 saturated heterocycles. The predicted molar refractivity (Wildman–Crippen MR) is 57.6 cm³/mol. The number of aromatic nitrogens is 1. The van der Waals surface area contributed by atoms with Gasteiger partial charge in [0.25, 0.3) is 0 Å². The fraction of sp³-hybridized carbons (Fsp3) is 0.250. The lowest BCUT2D eigenvalue weighted by atomic mass is 10.1. The molecule has 82 valence electrons. The van der Waals surface area contributed by atoms with Crippen molar-refractivity contribution in [1.82, 2.24) is 0 Å². The van der Waals surface area contributed by atoms with E-state index in [4.69, 9.17) is 9.47 Å². The molecule has 16 heavy (non-hydrogen) atoms. The average Bonchev–Trinajstić information content (AvgIpc) is 2.81. The second-order valence-electron chi connectivity index (χ2n) is 3.73. The smallest absolute Gasteiger partial charge is 0.250 e. The topological polar surface area (TPSA) is 45.4 Å². The quantitative estimate of drug-likeness (QED) is 0.537. The number of benzene rings is 1. The third kappa shape index (κ3) is 1.52. The van der Waals surface area contributed by atoms with E-state index in [1.165, 1.54) is 0 Å². The van der Waals surface area contributed by atoms with Crippen molar-refractivity contribution in [2.45, 2.75) is 6.29 Å². The zero-order valence-electron chi connectivity index (χ0n) is 8.63. The lowest BCUT2D eigenvalue weighted by Gasteiger charge is -2.10. The van der Waals surface area contributed by atoms with Crippen molar-refractivity contribution in [3.05, 3.63) is 47.4 Å². The Bertz CT molecular complexity index is 521. The highest BCUT2D eigenvalue weighted by Gasteiger charge is 2.26. The van der Waals surface area contributed by atoms with Crippen molar-refractivity contribution < 1.29 is 14.2 Å². The molecule has 1 aliphatic heterocycles. The zero-order chi connectivity index (χ0) is 11.0. The third-order valence-corrected chi connectivity index (χ3v) is 2.67. The monoisotopic (exact) mass is 217 g/mol. The molecule has 0 bridgehead atoms. The molecule has 4 heteroatoms. The number of pyridine rings is 1. The van der Waals surface area contributed by atoms with Crippen LogP contribution in [0.1, 0.15) is 12.0 Å². The minimum absolute atomic E-state index is 0.510.